The second kappa shape index (κ2) is 11.3. The Morgan fingerprint density at radius 3 is 2.17 bits per heavy atom. The summed E-state index contributed by atoms with van der Waals surface area (Å²) in [5.41, 5.74) is -0.954. The molecule has 1 unspecified atom stereocenters. The zero-order valence-corrected chi connectivity index (χ0v) is 9.30. The van der Waals surface area contributed by atoms with Crippen molar-refractivity contribution in [3.05, 3.63) is 0 Å². The third kappa shape index (κ3) is 8.40. The zero-order chi connectivity index (χ0) is 7.98. The summed E-state index contributed by atoms with van der Waals surface area (Å²) in [6, 6.07) is 0. The lowest BCUT2D eigenvalue weighted by Gasteiger charge is -2.06. The standard InChI is InChI=1S/C6H11ClO3.2ClH/c1-3-9-5(7)6(8)10-4-2;;/h5H,3-4H2,1-2H3;2*1H. The maximum Gasteiger partial charge on any atom is 0.350 e. The maximum atomic E-state index is 10.7. The van der Waals surface area contributed by atoms with Crippen LogP contribution in [0.15, 0.2) is 0 Å². The third-order valence-corrected chi connectivity index (χ3v) is 1.09. The molecule has 0 fully saturated rings. The van der Waals surface area contributed by atoms with Gasteiger partial charge in [-0.3, -0.25) is 0 Å². The van der Waals surface area contributed by atoms with Gasteiger partial charge in [-0.1, -0.05) is 11.6 Å². The quantitative estimate of drug-likeness (QED) is 0.556. The van der Waals surface area contributed by atoms with Crippen LogP contribution in [0.4, 0.5) is 0 Å². The second-order valence-electron chi connectivity index (χ2n) is 1.52. The fourth-order valence-electron chi connectivity index (χ4n) is 0.422. The van der Waals surface area contributed by atoms with E-state index in [-0.39, 0.29) is 24.8 Å². The first kappa shape index (κ1) is 18.2. The fourth-order valence-corrected chi connectivity index (χ4v) is 0.611. The van der Waals surface area contributed by atoms with Crippen LogP contribution in [0.25, 0.3) is 0 Å². The minimum atomic E-state index is -0.954. The number of ether oxygens (including phenoxy) is 2. The van der Waals surface area contributed by atoms with Crippen molar-refractivity contribution in [2.45, 2.75) is 19.4 Å². The van der Waals surface area contributed by atoms with Gasteiger partial charge in [0.2, 0.25) is 5.56 Å². The zero-order valence-electron chi connectivity index (χ0n) is 6.91. The van der Waals surface area contributed by atoms with Crippen LogP contribution < -0.4 is 0 Å². The highest BCUT2D eigenvalue weighted by Crippen LogP contribution is 2.00. The molecule has 0 saturated carbocycles. The van der Waals surface area contributed by atoms with Crippen molar-refractivity contribution in [2.75, 3.05) is 13.2 Å². The maximum absolute atomic E-state index is 10.7. The van der Waals surface area contributed by atoms with E-state index in [1.165, 1.54) is 0 Å². The molecule has 0 aromatic heterocycles. The topological polar surface area (TPSA) is 35.5 Å². The Bertz CT molecular complexity index is 110. The predicted octanol–water partition coefficient (Wildman–Crippen LogP) is 1.99. The number of hydrogen-bond donors (Lipinski definition) is 0. The molecule has 76 valence electrons. The molecule has 0 radical (unpaired) electrons. The van der Waals surface area contributed by atoms with Gasteiger partial charge in [0.1, 0.15) is 0 Å². The molecule has 12 heavy (non-hydrogen) atoms. The van der Waals surface area contributed by atoms with E-state index < -0.39 is 11.5 Å². The Morgan fingerprint density at radius 2 is 1.83 bits per heavy atom. The van der Waals surface area contributed by atoms with Crippen LogP contribution in [0.1, 0.15) is 13.8 Å². The highest BCUT2D eigenvalue weighted by molar-refractivity contribution is 6.28. The lowest BCUT2D eigenvalue weighted by Crippen LogP contribution is -2.20. The molecular formula is C6H13Cl3O3. The Kier molecular flexibility index (Phi) is 17.1. The predicted molar refractivity (Wildman–Crippen MR) is 52.4 cm³/mol. The lowest BCUT2D eigenvalue weighted by atomic mass is 10.7. The van der Waals surface area contributed by atoms with E-state index in [0.717, 1.165) is 0 Å². The Hall–Kier alpha value is 0.300. The monoisotopic (exact) mass is 238 g/mol. The van der Waals surface area contributed by atoms with Crippen LogP contribution in [0.2, 0.25) is 0 Å². The molecule has 3 nitrogen and oxygen atoms in total. The number of esters is 1. The summed E-state index contributed by atoms with van der Waals surface area (Å²) in [5.74, 6) is -0.522. The molecule has 0 aromatic rings. The minimum Gasteiger partial charge on any atom is -0.463 e. The molecular weight excluding hydrogens is 226 g/mol. The van der Waals surface area contributed by atoms with E-state index in [9.17, 15) is 4.79 Å². The first-order chi connectivity index (χ1) is 4.72. The van der Waals surface area contributed by atoms with E-state index in [1.54, 1.807) is 13.8 Å². The molecule has 0 bridgehead atoms. The molecule has 0 aliphatic heterocycles. The molecule has 0 aromatic carbocycles. The van der Waals surface area contributed by atoms with Gasteiger partial charge in [-0.25, -0.2) is 4.79 Å². The first-order valence-corrected chi connectivity index (χ1v) is 3.58. The van der Waals surface area contributed by atoms with Crippen LogP contribution in [-0.4, -0.2) is 24.7 Å². The van der Waals surface area contributed by atoms with Gasteiger partial charge in [0.05, 0.1) is 6.61 Å². The Labute approximate surface area is 89.6 Å². The molecule has 0 saturated heterocycles. The summed E-state index contributed by atoms with van der Waals surface area (Å²) in [7, 11) is 0. The van der Waals surface area contributed by atoms with Crippen molar-refractivity contribution in [1.82, 2.24) is 0 Å². The van der Waals surface area contributed by atoms with Gasteiger partial charge in [0.25, 0.3) is 0 Å². The SMILES string of the molecule is CCOC(=O)C(Cl)OCC.Cl.Cl. The van der Waals surface area contributed by atoms with Crippen LogP contribution in [0.5, 0.6) is 0 Å². The first-order valence-electron chi connectivity index (χ1n) is 3.14. The van der Waals surface area contributed by atoms with E-state index in [1.807, 2.05) is 0 Å². The summed E-state index contributed by atoms with van der Waals surface area (Å²) in [6.07, 6.45) is 0. The van der Waals surface area contributed by atoms with E-state index >= 15 is 0 Å². The Balaban J connectivity index is -0.000000405. The second-order valence-corrected chi connectivity index (χ2v) is 1.92. The number of rotatable bonds is 4. The van der Waals surface area contributed by atoms with Gasteiger partial charge < -0.3 is 9.47 Å². The highest BCUT2D eigenvalue weighted by Gasteiger charge is 2.14. The van der Waals surface area contributed by atoms with E-state index in [2.05, 4.69) is 4.74 Å². The molecule has 0 amide bonds. The molecule has 0 aliphatic rings. The number of carbonyl (C=O) groups is 1. The normalized spacial score (nSPS) is 10.6. The largest absolute Gasteiger partial charge is 0.463 e. The Morgan fingerprint density at radius 1 is 1.33 bits per heavy atom. The van der Waals surface area contributed by atoms with Crippen LogP contribution in [0.3, 0.4) is 0 Å². The fraction of sp³-hybridized carbons (Fsp3) is 0.833. The van der Waals surface area contributed by atoms with Crippen molar-refractivity contribution in [2.24, 2.45) is 0 Å². The summed E-state index contributed by atoms with van der Waals surface area (Å²) >= 11 is 5.41. The third-order valence-electron chi connectivity index (χ3n) is 0.785. The number of halogens is 3. The number of hydrogen-bond acceptors (Lipinski definition) is 3. The van der Waals surface area contributed by atoms with Gasteiger partial charge in [-0.2, -0.15) is 0 Å². The molecule has 0 aliphatic carbocycles. The van der Waals surface area contributed by atoms with Crippen LogP contribution in [0, 0.1) is 0 Å². The van der Waals surface area contributed by atoms with Crippen molar-refractivity contribution in [1.29, 1.82) is 0 Å². The molecule has 0 heterocycles. The molecule has 0 spiro atoms. The molecule has 0 N–H and O–H groups in total. The van der Waals surface area contributed by atoms with Gasteiger partial charge in [0.15, 0.2) is 0 Å². The summed E-state index contributed by atoms with van der Waals surface area (Å²) in [5, 5.41) is 0. The van der Waals surface area contributed by atoms with Crippen molar-refractivity contribution in [3.63, 3.8) is 0 Å². The average Bonchev–Trinajstić information content (AvgIpc) is 1.89. The number of alkyl halides is 1. The van der Waals surface area contributed by atoms with Gasteiger partial charge in [-0.05, 0) is 13.8 Å². The highest BCUT2D eigenvalue weighted by atomic mass is 35.5. The van der Waals surface area contributed by atoms with Crippen molar-refractivity contribution < 1.29 is 14.3 Å². The van der Waals surface area contributed by atoms with Crippen molar-refractivity contribution in [3.8, 4) is 0 Å². The minimum absolute atomic E-state index is 0. The molecule has 1 atom stereocenters. The van der Waals surface area contributed by atoms with Gasteiger partial charge in [-0.15, -0.1) is 24.8 Å². The van der Waals surface area contributed by atoms with Crippen molar-refractivity contribution >= 4 is 42.4 Å². The van der Waals surface area contributed by atoms with E-state index in [4.69, 9.17) is 16.3 Å². The van der Waals surface area contributed by atoms with Gasteiger partial charge >= 0.3 is 5.97 Å². The average molecular weight is 240 g/mol. The summed E-state index contributed by atoms with van der Waals surface area (Å²) in [6.45, 7) is 4.21. The molecule has 6 heteroatoms. The van der Waals surface area contributed by atoms with Crippen LogP contribution >= 0.6 is 36.4 Å². The summed E-state index contributed by atoms with van der Waals surface area (Å²) in [4.78, 5) is 10.7. The van der Waals surface area contributed by atoms with Crippen LogP contribution in [-0.2, 0) is 14.3 Å². The lowest BCUT2D eigenvalue weighted by molar-refractivity contribution is -0.151. The smallest absolute Gasteiger partial charge is 0.350 e. The summed E-state index contributed by atoms with van der Waals surface area (Å²) < 4.78 is 9.31. The van der Waals surface area contributed by atoms with E-state index in [0.29, 0.717) is 13.2 Å². The van der Waals surface area contributed by atoms with Gasteiger partial charge in [0, 0.05) is 6.61 Å². The molecule has 0 rings (SSSR count). The number of carbonyl (C=O) groups excluding carboxylic acids is 1.